The minimum absolute atomic E-state index is 0.297. The van der Waals surface area contributed by atoms with Crippen molar-refractivity contribution in [3.05, 3.63) is 29.8 Å². The van der Waals surface area contributed by atoms with Crippen LogP contribution in [0.1, 0.15) is 5.82 Å². The van der Waals surface area contributed by atoms with E-state index >= 15 is 0 Å². The van der Waals surface area contributed by atoms with E-state index in [2.05, 4.69) is 10.9 Å². The van der Waals surface area contributed by atoms with Gasteiger partial charge in [-0.2, -0.15) is 0 Å². The minimum Gasteiger partial charge on any atom is -0.320 e. The maximum absolute atomic E-state index is 12.8. The highest BCUT2D eigenvalue weighted by Gasteiger charge is 2.05. The molecule has 0 amide bonds. The predicted octanol–water partition coefficient (Wildman–Crippen LogP) is 1.69. The van der Waals surface area contributed by atoms with Crippen molar-refractivity contribution in [3.63, 3.8) is 0 Å². The van der Waals surface area contributed by atoms with E-state index in [9.17, 15) is 4.39 Å². The second kappa shape index (κ2) is 2.60. The molecule has 0 bridgehead atoms. The van der Waals surface area contributed by atoms with Crippen LogP contribution in [0.15, 0.2) is 18.2 Å². The van der Waals surface area contributed by atoms with E-state index in [1.165, 1.54) is 12.1 Å². The summed E-state index contributed by atoms with van der Waals surface area (Å²) < 4.78 is 14.5. The summed E-state index contributed by atoms with van der Waals surface area (Å²) in [6.07, 6.45) is 5.23. The lowest BCUT2D eigenvalue weighted by Gasteiger charge is -1.94. The monoisotopic (exact) mass is 174 g/mol. The third-order valence-electron chi connectivity index (χ3n) is 1.97. The van der Waals surface area contributed by atoms with E-state index in [0.717, 1.165) is 5.52 Å². The Morgan fingerprint density at radius 1 is 1.54 bits per heavy atom. The Kier molecular flexibility index (Phi) is 1.56. The van der Waals surface area contributed by atoms with E-state index in [1.807, 2.05) is 7.05 Å². The lowest BCUT2D eigenvalue weighted by Crippen LogP contribution is -1.91. The van der Waals surface area contributed by atoms with E-state index in [4.69, 9.17) is 6.42 Å². The van der Waals surface area contributed by atoms with Crippen molar-refractivity contribution in [1.29, 1.82) is 0 Å². The average Bonchev–Trinajstić information content (AvgIpc) is 2.42. The van der Waals surface area contributed by atoms with E-state index in [-0.39, 0.29) is 5.82 Å². The van der Waals surface area contributed by atoms with Crippen LogP contribution < -0.4 is 0 Å². The molecule has 0 aliphatic heterocycles. The predicted molar refractivity (Wildman–Crippen MR) is 48.6 cm³/mol. The van der Waals surface area contributed by atoms with E-state index in [1.54, 1.807) is 10.6 Å². The van der Waals surface area contributed by atoms with Crippen molar-refractivity contribution in [3.8, 4) is 12.3 Å². The highest BCUT2D eigenvalue weighted by Crippen LogP contribution is 2.15. The second-order valence-electron chi connectivity index (χ2n) is 2.77. The van der Waals surface area contributed by atoms with Gasteiger partial charge in [0.25, 0.3) is 0 Å². The molecule has 0 radical (unpaired) electrons. The summed E-state index contributed by atoms with van der Waals surface area (Å²) in [5.74, 6) is 2.65. The Morgan fingerprint density at radius 2 is 2.31 bits per heavy atom. The van der Waals surface area contributed by atoms with Crippen molar-refractivity contribution >= 4 is 11.0 Å². The summed E-state index contributed by atoms with van der Waals surface area (Å²) in [6.45, 7) is 0. The van der Waals surface area contributed by atoms with Gasteiger partial charge < -0.3 is 4.57 Å². The first-order valence-corrected chi connectivity index (χ1v) is 3.81. The number of rotatable bonds is 0. The van der Waals surface area contributed by atoms with Gasteiger partial charge in [0.2, 0.25) is 0 Å². The molecule has 0 saturated heterocycles. The maximum atomic E-state index is 12.8. The fourth-order valence-corrected chi connectivity index (χ4v) is 1.30. The third kappa shape index (κ3) is 1.07. The van der Waals surface area contributed by atoms with Crippen LogP contribution in [0.5, 0.6) is 0 Å². The zero-order valence-corrected chi connectivity index (χ0v) is 7.08. The number of hydrogen-bond donors (Lipinski definition) is 0. The molecule has 0 saturated carbocycles. The average molecular weight is 174 g/mol. The topological polar surface area (TPSA) is 17.8 Å². The molecule has 0 atom stereocenters. The van der Waals surface area contributed by atoms with Gasteiger partial charge in [0.05, 0.1) is 11.0 Å². The molecule has 1 heterocycles. The quantitative estimate of drug-likeness (QED) is 0.556. The number of hydrogen-bond acceptors (Lipinski definition) is 1. The Bertz CT molecular complexity index is 505. The van der Waals surface area contributed by atoms with Gasteiger partial charge in [-0.05, 0) is 18.1 Å². The molecule has 2 aromatic rings. The molecule has 1 aromatic heterocycles. The normalized spacial score (nSPS) is 10.2. The molecule has 64 valence electrons. The number of imidazole rings is 1. The van der Waals surface area contributed by atoms with Crippen molar-refractivity contribution in [2.75, 3.05) is 0 Å². The minimum atomic E-state index is -0.297. The van der Waals surface area contributed by atoms with Gasteiger partial charge in [-0.25, -0.2) is 9.37 Å². The molecule has 2 nitrogen and oxygen atoms in total. The number of nitrogens with zero attached hydrogens (tertiary/aromatic N) is 2. The Hall–Kier alpha value is -1.82. The molecule has 1 aromatic carbocycles. The van der Waals surface area contributed by atoms with Crippen LogP contribution in [-0.2, 0) is 7.05 Å². The smallest absolute Gasteiger partial charge is 0.185 e. The van der Waals surface area contributed by atoms with Crippen LogP contribution >= 0.6 is 0 Å². The maximum Gasteiger partial charge on any atom is 0.185 e. The standard InChI is InChI=1S/C10H7FN2/c1-3-10-12-8-6-7(11)4-5-9(8)13(10)2/h1,4-6H,2H3. The lowest BCUT2D eigenvalue weighted by molar-refractivity contribution is 0.629. The van der Waals surface area contributed by atoms with Gasteiger partial charge >= 0.3 is 0 Å². The molecule has 0 aliphatic carbocycles. The van der Waals surface area contributed by atoms with Crippen LogP contribution in [0, 0.1) is 18.2 Å². The fraction of sp³-hybridized carbons (Fsp3) is 0.100. The molecule has 3 heteroatoms. The summed E-state index contributed by atoms with van der Waals surface area (Å²) >= 11 is 0. The van der Waals surface area contributed by atoms with E-state index in [0.29, 0.717) is 11.3 Å². The van der Waals surface area contributed by atoms with Gasteiger partial charge in [0.15, 0.2) is 5.82 Å². The highest BCUT2D eigenvalue weighted by atomic mass is 19.1. The van der Waals surface area contributed by atoms with Gasteiger partial charge in [0, 0.05) is 13.1 Å². The van der Waals surface area contributed by atoms with Gasteiger partial charge in [-0.1, -0.05) is 0 Å². The van der Waals surface area contributed by atoms with E-state index < -0.39 is 0 Å². The Balaban J connectivity index is 2.86. The molecule has 2 rings (SSSR count). The molecule has 0 aliphatic rings. The number of aromatic nitrogens is 2. The summed E-state index contributed by atoms with van der Waals surface area (Å²) in [5, 5.41) is 0. The first-order chi connectivity index (χ1) is 6.22. The Morgan fingerprint density at radius 3 is 3.00 bits per heavy atom. The third-order valence-corrected chi connectivity index (χ3v) is 1.97. The first-order valence-electron chi connectivity index (χ1n) is 3.81. The largest absolute Gasteiger partial charge is 0.320 e. The number of benzene rings is 1. The van der Waals surface area contributed by atoms with Crippen molar-refractivity contribution in [1.82, 2.24) is 9.55 Å². The van der Waals surface area contributed by atoms with Gasteiger partial charge in [-0.15, -0.1) is 6.42 Å². The van der Waals surface area contributed by atoms with Gasteiger partial charge in [-0.3, -0.25) is 0 Å². The number of halogens is 1. The van der Waals surface area contributed by atoms with Crippen LogP contribution in [0.25, 0.3) is 11.0 Å². The SMILES string of the molecule is C#Cc1nc2cc(F)ccc2n1C. The Labute approximate surface area is 75.0 Å². The lowest BCUT2D eigenvalue weighted by atomic mass is 10.3. The summed E-state index contributed by atoms with van der Waals surface area (Å²) in [5.41, 5.74) is 1.44. The molecular weight excluding hydrogens is 167 g/mol. The molecule has 0 spiro atoms. The van der Waals surface area contributed by atoms with Gasteiger partial charge in [0.1, 0.15) is 5.82 Å². The summed E-state index contributed by atoms with van der Waals surface area (Å²) in [4.78, 5) is 4.08. The molecule has 0 fully saturated rings. The molecule has 0 N–H and O–H groups in total. The molecule has 13 heavy (non-hydrogen) atoms. The summed E-state index contributed by atoms with van der Waals surface area (Å²) in [6, 6.07) is 4.43. The first kappa shape index (κ1) is 7.81. The van der Waals surface area contributed by atoms with Crippen molar-refractivity contribution < 1.29 is 4.39 Å². The van der Waals surface area contributed by atoms with Crippen LogP contribution in [0.4, 0.5) is 4.39 Å². The van der Waals surface area contributed by atoms with Crippen LogP contribution in [0.2, 0.25) is 0 Å². The zero-order chi connectivity index (χ0) is 9.42. The number of fused-ring (bicyclic) bond motifs is 1. The summed E-state index contributed by atoms with van der Waals surface area (Å²) in [7, 11) is 1.81. The van der Waals surface area contributed by atoms with Crippen molar-refractivity contribution in [2.24, 2.45) is 7.05 Å². The zero-order valence-electron chi connectivity index (χ0n) is 7.08. The second-order valence-corrected chi connectivity index (χ2v) is 2.77. The molecule has 0 unspecified atom stereocenters. The fourth-order valence-electron chi connectivity index (χ4n) is 1.30. The van der Waals surface area contributed by atoms with Crippen LogP contribution in [-0.4, -0.2) is 9.55 Å². The number of terminal acetylenes is 1. The number of aryl methyl sites for hydroxylation is 1. The highest BCUT2D eigenvalue weighted by molar-refractivity contribution is 5.76. The van der Waals surface area contributed by atoms with Crippen molar-refractivity contribution in [2.45, 2.75) is 0 Å². The molecular formula is C10H7FN2. The van der Waals surface area contributed by atoms with Crippen LogP contribution in [0.3, 0.4) is 0 Å².